The number of aromatic nitrogens is 2. The van der Waals surface area contributed by atoms with E-state index in [2.05, 4.69) is 19.7 Å². The number of halogens is 3. The van der Waals surface area contributed by atoms with Gasteiger partial charge in [-0.1, -0.05) is 18.2 Å². The number of ether oxygens (including phenoxy) is 1. The van der Waals surface area contributed by atoms with Crippen molar-refractivity contribution in [2.24, 2.45) is 4.99 Å². The molecule has 0 bridgehead atoms. The lowest BCUT2D eigenvalue weighted by Crippen LogP contribution is -2.18. The van der Waals surface area contributed by atoms with Gasteiger partial charge in [0.1, 0.15) is 11.5 Å². The van der Waals surface area contributed by atoms with E-state index >= 15 is 0 Å². The quantitative estimate of drug-likeness (QED) is 0.532. The summed E-state index contributed by atoms with van der Waals surface area (Å²) in [6.45, 7) is 2.43. The Morgan fingerprint density at radius 1 is 1.12 bits per heavy atom. The number of carbonyl (C=O) groups is 1. The number of benzene rings is 1. The molecule has 0 fully saturated rings. The summed E-state index contributed by atoms with van der Waals surface area (Å²) in [6.07, 6.45) is -0.946. The van der Waals surface area contributed by atoms with E-state index in [0.717, 1.165) is 28.1 Å². The molecule has 0 saturated carbocycles. The maximum atomic E-state index is 12.6. The second-order valence-corrected chi connectivity index (χ2v) is 7.55. The second kappa shape index (κ2) is 8.90. The topological polar surface area (TPSA) is 64.4 Å². The number of rotatable bonds is 7. The molecular formula is C24H20F3N3O2. The predicted molar refractivity (Wildman–Crippen MR) is 113 cm³/mol. The molecule has 32 heavy (non-hydrogen) atoms. The van der Waals surface area contributed by atoms with Crippen molar-refractivity contribution in [2.75, 3.05) is 0 Å². The van der Waals surface area contributed by atoms with E-state index in [1.807, 2.05) is 25.1 Å². The van der Waals surface area contributed by atoms with E-state index in [1.165, 1.54) is 18.2 Å². The molecule has 3 aromatic rings. The lowest BCUT2D eigenvalue weighted by Gasteiger charge is -2.12. The number of hydrogen-bond acceptors (Lipinski definition) is 5. The summed E-state index contributed by atoms with van der Waals surface area (Å²) in [7, 11) is 0. The number of carbonyl (C=O) groups excluding carboxylic acids is 1. The number of fused-ring (bicyclic) bond motifs is 1. The molecule has 0 N–H and O–H groups in total. The summed E-state index contributed by atoms with van der Waals surface area (Å²) in [5.41, 5.74) is 5.62. The number of aliphatic imine (C=N–C) groups is 1. The van der Waals surface area contributed by atoms with Gasteiger partial charge in [0.25, 0.3) is 0 Å². The fraction of sp³-hybridized carbons (Fsp3) is 0.250. The van der Waals surface area contributed by atoms with Crippen LogP contribution >= 0.6 is 0 Å². The molecule has 0 unspecified atom stereocenters. The van der Waals surface area contributed by atoms with Crippen LogP contribution in [0.5, 0.6) is 5.75 Å². The normalized spacial score (nSPS) is 12.9. The van der Waals surface area contributed by atoms with E-state index in [0.29, 0.717) is 17.8 Å². The number of pyridine rings is 2. The number of aryl methyl sites for hydroxylation is 2. The molecule has 0 saturated heterocycles. The molecule has 164 valence electrons. The Kier molecular flexibility index (Phi) is 6.03. The van der Waals surface area contributed by atoms with Crippen LogP contribution in [0.3, 0.4) is 0 Å². The summed E-state index contributed by atoms with van der Waals surface area (Å²) in [4.78, 5) is 25.7. The van der Waals surface area contributed by atoms with Gasteiger partial charge in [0.15, 0.2) is 0 Å². The van der Waals surface area contributed by atoms with Gasteiger partial charge < -0.3 is 4.74 Å². The van der Waals surface area contributed by atoms with E-state index in [9.17, 15) is 18.0 Å². The maximum absolute atomic E-state index is 12.6. The van der Waals surface area contributed by atoms with Crippen molar-refractivity contribution in [2.45, 2.75) is 39.1 Å². The van der Waals surface area contributed by atoms with Crippen LogP contribution in [-0.2, 0) is 24.2 Å². The van der Waals surface area contributed by atoms with Gasteiger partial charge in [0.05, 0.1) is 12.3 Å². The standard InChI is InChI=1S/C24H20F3N3O2/c1-15-10-17(8-9-28-15)23-21-14-29-19(11-18(21)13-30-23)12-20(31)7-6-16-4-2-3-5-22(16)32-24(25,26)27/h2-5,8-11,14H,6-7,12-13H2,1H3. The van der Waals surface area contributed by atoms with Crippen LogP contribution in [0.1, 0.15) is 40.1 Å². The Bertz CT molecular complexity index is 1190. The van der Waals surface area contributed by atoms with Gasteiger partial charge in [-0.15, -0.1) is 13.2 Å². The van der Waals surface area contributed by atoms with E-state index < -0.39 is 6.36 Å². The fourth-order valence-corrected chi connectivity index (χ4v) is 3.68. The summed E-state index contributed by atoms with van der Waals surface area (Å²) < 4.78 is 41.7. The SMILES string of the molecule is Cc1cc(C2=NCc3cc(CC(=O)CCc4ccccc4OC(F)(F)F)ncc32)ccn1. The molecule has 0 amide bonds. The summed E-state index contributed by atoms with van der Waals surface area (Å²) >= 11 is 0. The lowest BCUT2D eigenvalue weighted by molar-refractivity contribution is -0.274. The Hall–Kier alpha value is -3.55. The molecule has 1 aliphatic heterocycles. The Morgan fingerprint density at radius 2 is 1.94 bits per heavy atom. The summed E-state index contributed by atoms with van der Waals surface area (Å²) in [5, 5.41) is 0. The monoisotopic (exact) mass is 439 g/mol. The van der Waals surface area contributed by atoms with Crippen molar-refractivity contribution in [1.29, 1.82) is 0 Å². The Balaban J connectivity index is 1.40. The number of alkyl halides is 3. The van der Waals surface area contributed by atoms with Crippen LogP contribution in [0, 0.1) is 6.92 Å². The third-order valence-corrected chi connectivity index (χ3v) is 5.13. The molecule has 5 nitrogen and oxygen atoms in total. The molecule has 2 aromatic heterocycles. The molecule has 4 rings (SSSR count). The van der Waals surface area contributed by atoms with Gasteiger partial charge in [0.2, 0.25) is 0 Å². The first-order valence-corrected chi connectivity index (χ1v) is 10.1. The maximum Gasteiger partial charge on any atom is 0.573 e. The van der Waals surface area contributed by atoms with E-state index in [4.69, 9.17) is 0 Å². The highest BCUT2D eigenvalue weighted by atomic mass is 19.4. The van der Waals surface area contributed by atoms with E-state index in [1.54, 1.807) is 18.5 Å². The highest BCUT2D eigenvalue weighted by Gasteiger charge is 2.32. The third-order valence-electron chi connectivity index (χ3n) is 5.13. The molecule has 0 spiro atoms. The molecule has 0 aliphatic carbocycles. The van der Waals surface area contributed by atoms with Crippen molar-refractivity contribution in [3.63, 3.8) is 0 Å². The fourth-order valence-electron chi connectivity index (χ4n) is 3.68. The van der Waals surface area contributed by atoms with Crippen LogP contribution in [0.15, 0.2) is 59.9 Å². The number of ketones is 1. The van der Waals surface area contributed by atoms with Crippen LogP contribution in [-0.4, -0.2) is 27.8 Å². The zero-order chi connectivity index (χ0) is 22.7. The van der Waals surface area contributed by atoms with Gasteiger partial charge in [-0.2, -0.15) is 0 Å². The largest absolute Gasteiger partial charge is 0.573 e. The summed E-state index contributed by atoms with van der Waals surface area (Å²) in [6, 6.07) is 11.6. The molecular weight excluding hydrogens is 419 g/mol. The van der Waals surface area contributed by atoms with Gasteiger partial charge in [0, 0.05) is 47.8 Å². The first-order chi connectivity index (χ1) is 15.3. The van der Waals surface area contributed by atoms with Gasteiger partial charge in [-0.05, 0) is 48.7 Å². The van der Waals surface area contributed by atoms with Crippen molar-refractivity contribution < 1.29 is 22.7 Å². The highest BCUT2D eigenvalue weighted by Crippen LogP contribution is 2.27. The lowest BCUT2D eigenvalue weighted by atomic mass is 10.00. The zero-order valence-corrected chi connectivity index (χ0v) is 17.3. The molecule has 1 aliphatic rings. The van der Waals surface area contributed by atoms with Crippen molar-refractivity contribution in [1.82, 2.24) is 9.97 Å². The first-order valence-electron chi connectivity index (χ1n) is 10.1. The minimum Gasteiger partial charge on any atom is -0.406 e. The minimum absolute atomic E-state index is 0.0923. The number of hydrogen-bond donors (Lipinski definition) is 0. The average molecular weight is 439 g/mol. The highest BCUT2D eigenvalue weighted by molar-refractivity contribution is 6.15. The molecule has 0 radical (unpaired) electrons. The van der Waals surface area contributed by atoms with Crippen LogP contribution in [0.2, 0.25) is 0 Å². The molecule has 3 heterocycles. The van der Waals surface area contributed by atoms with Crippen LogP contribution in [0.25, 0.3) is 0 Å². The number of para-hydroxylation sites is 1. The minimum atomic E-state index is -4.77. The molecule has 8 heteroatoms. The number of nitrogens with zero attached hydrogens (tertiary/aromatic N) is 3. The van der Waals surface area contributed by atoms with Gasteiger partial charge >= 0.3 is 6.36 Å². The Morgan fingerprint density at radius 3 is 2.72 bits per heavy atom. The third kappa shape index (κ3) is 5.19. The van der Waals surface area contributed by atoms with Crippen LogP contribution in [0.4, 0.5) is 13.2 Å². The summed E-state index contributed by atoms with van der Waals surface area (Å²) in [5.74, 6) is -0.386. The predicted octanol–water partition coefficient (Wildman–Crippen LogP) is 4.78. The van der Waals surface area contributed by atoms with Gasteiger partial charge in [-0.3, -0.25) is 19.8 Å². The van der Waals surface area contributed by atoms with Crippen molar-refractivity contribution in [3.05, 3.63) is 88.5 Å². The second-order valence-electron chi connectivity index (χ2n) is 7.55. The zero-order valence-electron chi connectivity index (χ0n) is 17.3. The van der Waals surface area contributed by atoms with Crippen LogP contribution < -0.4 is 4.74 Å². The van der Waals surface area contributed by atoms with E-state index in [-0.39, 0.29) is 30.8 Å². The smallest absolute Gasteiger partial charge is 0.406 e. The van der Waals surface area contributed by atoms with Crippen molar-refractivity contribution >= 4 is 11.5 Å². The molecule has 1 aromatic carbocycles. The number of Topliss-reactive ketones (excluding diaryl/α,β-unsaturated/α-hetero) is 1. The average Bonchev–Trinajstić information content (AvgIpc) is 3.15. The Labute approximate surface area is 183 Å². The van der Waals surface area contributed by atoms with Crippen molar-refractivity contribution in [3.8, 4) is 5.75 Å². The van der Waals surface area contributed by atoms with Gasteiger partial charge in [-0.25, -0.2) is 0 Å². The molecule has 0 atom stereocenters. The first kappa shape index (κ1) is 21.7.